The van der Waals surface area contributed by atoms with Gasteiger partial charge in [-0.2, -0.15) is 13.2 Å². The Morgan fingerprint density at radius 1 is 1.25 bits per heavy atom. The summed E-state index contributed by atoms with van der Waals surface area (Å²) in [5.74, 6) is -1.42. The van der Waals surface area contributed by atoms with E-state index in [9.17, 15) is 27.9 Å². The third kappa shape index (κ3) is 5.40. The molecule has 0 bridgehead atoms. The van der Waals surface area contributed by atoms with E-state index in [2.05, 4.69) is 10.3 Å². The molecule has 134 valence electrons. The van der Waals surface area contributed by atoms with Crippen LogP contribution in [-0.4, -0.2) is 34.3 Å². The van der Waals surface area contributed by atoms with Crippen LogP contribution in [0.4, 0.5) is 13.2 Å². The van der Waals surface area contributed by atoms with Crippen molar-refractivity contribution in [2.75, 3.05) is 12.3 Å². The monoisotopic (exact) mass is 364 g/mol. The first-order valence-corrected chi connectivity index (χ1v) is 8.29. The fourth-order valence-corrected chi connectivity index (χ4v) is 2.64. The Labute approximate surface area is 142 Å². The minimum Gasteiger partial charge on any atom is -0.481 e. The van der Waals surface area contributed by atoms with Gasteiger partial charge in [0.05, 0.1) is 21.8 Å². The summed E-state index contributed by atoms with van der Waals surface area (Å²) in [4.78, 5) is 26.8. The number of aromatic nitrogens is 1. The molecule has 0 fully saturated rings. The summed E-state index contributed by atoms with van der Waals surface area (Å²) < 4.78 is 37.3. The van der Waals surface area contributed by atoms with Crippen LogP contribution in [0.2, 0.25) is 0 Å². The Hall–Kier alpha value is -1.77. The maximum atomic E-state index is 12.4. The molecule has 1 aromatic rings. The number of nitrogens with one attached hydrogen (secondary N) is 1. The zero-order valence-corrected chi connectivity index (χ0v) is 14.1. The van der Waals surface area contributed by atoms with Gasteiger partial charge in [-0.05, 0) is 25.0 Å². The highest BCUT2D eigenvalue weighted by Crippen LogP contribution is 2.29. The molecule has 0 unspecified atom stereocenters. The number of rotatable bonds is 8. The van der Waals surface area contributed by atoms with E-state index in [1.807, 2.05) is 0 Å². The van der Waals surface area contributed by atoms with Gasteiger partial charge in [0, 0.05) is 12.7 Å². The van der Waals surface area contributed by atoms with E-state index in [4.69, 9.17) is 0 Å². The number of carboxylic acid groups (broad SMARTS) is 1. The van der Waals surface area contributed by atoms with E-state index >= 15 is 0 Å². The van der Waals surface area contributed by atoms with E-state index in [1.54, 1.807) is 13.8 Å². The molecule has 9 heteroatoms. The predicted octanol–water partition coefficient (Wildman–Crippen LogP) is 3.20. The number of aliphatic carboxylic acids is 1. The number of carbonyl (C=O) groups excluding carboxylic acids is 1. The molecule has 2 N–H and O–H groups in total. The fourth-order valence-electron chi connectivity index (χ4n) is 1.97. The van der Waals surface area contributed by atoms with Crippen LogP contribution >= 0.6 is 11.8 Å². The summed E-state index contributed by atoms with van der Waals surface area (Å²) in [6.07, 6.45) is -2.97. The topological polar surface area (TPSA) is 79.3 Å². The first kappa shape index (κ1) is 20.3. The smallest absolute Gasteiger partial charge is 0.417 e. The lowest BCUT2D eigenvalue weighted by Gasteiger charge is -2.26. The van der Waals surface area contributed by atoms with E-state index in [0.29, 0.717) is 19.0 Å². The summed E-state index contributed by atoms with van der Waals surface area (Å²) in [7, 11) is 0. The molecule has 0 aliphatic heterocycles. The normalized spacial score (nSPS) is 12.0. The first-order chi connectivity index (χ1) is 11.1. The lowest BCUT2D eigenvalue weighted by atomic mass is 9.82. The van der Waals surface area contributed by atoms with Crippen LogP contribution in [0.15, 0.2) is 23.4 Å². The molecule has 1 rings (SSSR count). The standard InChI is InChI=1S/C15H19F3N2O3S/c1-3-14(4-2,13(22)23)9-20-11(21)8-24-12-6-5-10(7-19-12)15(16,17)18/h5-7H,3-4,8-9H2,1-2H3,(H,20,21)(H,22,23). The first-order valence-electron chi connectivity index (χ1n) is 7.30. The van der Waals surface area contributed by atoms with E-state index in [-0.39, 0.29) is 17.3 Å². The van der Waals surface area contributed by atoms with Gasteiger partial charge in [-0.3, -0.25) is 9.59 Å². The molecule has 0 radical (unpaired) electrons. The summed E-state index contributed by atoms with van der Waals surface area (Å²) in [6, 6.07) is 2.09. The van der Waals surface area contributed by atoms with Gasteiger partial charge >= 0.3 is 12.1 Å². The molecule has 0 spiro atoms. The molecule has 0 aromatic carbocycles. The van der Waals surface area contributed by atoms with Gasteiger partial charge in [-0.25, -0.2) is 4.98 Å². The predicted molar refractivity (Wildman–Crippen MR) is 83.6 cm³/mol. The minimum absolute atomic E-state index is 0.00909. The van der Waals surface area contributed by atoms with Crippen LogP contribution in [0.3, 0.4) is 0 Å². The molecule has 0 aliphatic rings. The summed E-state index contributed by atoms with van der Waals surface area (Å²) in [5, 5.41) is 12.1. The van der Waals surface area contributed by atoms with Crippen LogP contribution < -0.4 is 5.32 Å². The number of hydrogen-bond acceptors (Lipinski definition) is 4. The second-order valence-electron chi connectivity index (χ2n) is 5.24. The highest BCUT2D eigenvalue weighted by atomic mass is 32.2. The SMILES string of the molecule is CCC(CC)(CNC(=O)CSc1ccc(C(F)(F)F)cn1)C(=O)O. The molecule has 0 atom stereocenters. The second-order valence-corrected chi connectivity index (χ2v) is 6.24. The number of amides is 1. The van der Waals surface area contributed by atoms with Crippen LogP contribution in [-0.2, 0) is 15.8 Å². The van der Waals surface area contributed by atoms with Gasteiger partial charge in [0.15, 0.2) is 0 Å². The van der Waals surface area contributed by atoms with Crippen LogP contribution in [0.25, 0.3) is 0 Å². The van der Waals surface area contributed by atoms with Crippen LogP contribution in [0.1, 0.15) is 32.3 Å². The summed E-state index contributed by atoms with van der Waals surface area (Å²) >= 11 is 0.984. The minimum atomic E-state index is -4.45. The number of carboxylic acids is 1. The van der Waals surface area contributed by atoms with Gasteiger partial charge in [-0.15, -0.1) is 0 Å². The summed E-state index contributed by atoms with van der Waals surface area (Å²) in [6.45, 7) is 3.49. The number of halogens is 3. The van der Waals surface area contributed by atoms with Crippen LogP contribution in [0, 0.1) is 5.41 Å². The maximum Gasteiger partial charge on any atom is 0.417 e. The van der Waals surface area contributed by atoms with Crippen molar-refractivity contribution in [2.24, 2.45) is 5.41 Å². The fraction of sp³-hybridized carbons (Fsp3) is 0.533. The Balaban J connectivity index is 2.53. The maximum absolute atomic E-state index is 12.4. The molecular weight excluding hydrogens is 345 g/mol. The van der Waals surface area contributed by atoms with E-state index < -0.39 is 29.0 Å². The highest BCUT2D eigenvalue weighted by molar-refractivity contribution is 7.99. The Bertz CT molecular complexity index is 572. The van der Waals surface area contributed by atoms with Crippen molar-refractivity contribution in [3.05, 3.63) is 23.9 Å². The molecule has 1 amide bonds. The van der Waals surface area contributed by atoms with Crippen molar-refractivity contribution in [3.63, 3.8) is 0 Å². The second kappa shape index (κ2) is 8.36. The quantitative estimate of drug-likeness (QED) is 0.693. The van der Waals surface area contributed by atoms with Crippen molar-refractivity contribution in [1.29, 1.82) is 0 Å². The molecule has 0 aliphatic carbocycles. The Kier molecular flexibility index (Phi) is 7.07. The van der Waals surface area contributed by atoms with Crippen molar-refractivity contribution in [1.82, 2.24) is 10.3 Å². The number of hydrogen-bond donors (Lipinski definition) is 2. The van der Waals surface area contributed by atoms with Gasteiger partial charge in [0.25, 0.3) is 0 Å². The van der Waals surface area contributed by atoms with Gasteiger partial charge in [0.1, 0.15) is 0 Å². The lowest BCUT2D eigenvalue weighted by molar-refractivity contribution is -0.149. The largest absolute Gasteiger partial charge is 0.481 e. The van der Waals surface area contributed by atoms with Crippen LogP contribution in [0.5, 0.6) is 0 Å². The highest BCUT2D eigenvalue weighted by Gasteiger charge is 2.35. The number of alkyl halides is 3. The molecule has 0 saturated heterocycles. The van der Waals surface area contributed by atoms with Crippen molar-refractivity contribution in [2.45, 2.75) is 37.9 Å². The zero-order valence-electron chi connectivity index (χ0n) is 13.3. The number of pyridine rings is 1. The average Bonchev–Trinajstić information content (AvgIpc) is 2.53. The third-order valence-corrected chi connectivity index (χ3v) is 4.79. The summed E-state index contributed by atoms with van der Waals surface area (Å²) in [5.41, 5.74) is -1.86. The Morgan fingerprint density at radius 3 is 2.29 bits per heavy atom. The van der Waals surface area contributed by atoms with Gasteiger partial charge in [0.2, 0.25) is 5.91 Å². The van der Waals surface area contributed by atoms with Gasteiger partial charge < -0.3 is 10.4 Å². The van der Waals surface area contributed by atoms with E-state index in [0.717, 1.165) is 17.8 Å². The third-order valence-electron chi connectivity index (χ3n) is 3.85. The Morgan fingerprint density at radius 2 is 1.88 bits per heavy atom. The molecular formula is C15H19F3N2O3S. The molecule has 5 nitrogen and oxygen atoms in total. The van der Waals surface area contributed by atoms with Crippen molar-refractivity contribution in [3.8, 4) is 0 Å². The lowest BCUT2D eigenvalue weighted by Crippen LogP contribution is -2.42. The van der Waals surface area contributed by atoms with Crippen molar-refractivity contribution < 1.29 is 27.9 Å². The number of nitrogens with zero attached hydrogens (tertiary/aromatic N) is 1. The molecule has 24 heavy (non-hydrogen) atoms. The van der Waals surface area contributed by atoms with E-state index in [1.165, 1.54) is 6.07 Å². The zero-order chi connectivity index (χ0) is 18.4. The number of carbonyl (C=O) groups is 2. The molecule has 1 heterocycles. The molecule has 0 saturated carbocycles. The van der Waals surface area contributed by atoms with Gasteiger partial charge in [-0.1, -0.05) is 25.6 Å². The molecule has 1 aromatic heterocycles. The average molecular weight is 364 g/mol. The number of thioether (sulfide) groups is 1. The van der Waals surface area contributed by atoms with Crippen molar-refractivity contribution >= 4 is 23.6 Å².